The third-order valence-corrected chi connectivity index (χ3v) is 2.82. The zero-order valence-corrected chi connectivity index (χ0v) is 14.2. The van der Waals surface area contributed by atoms with Gasteiger partial charge in [-0.05, 0) is 41.0 Å². The lowest BCUT2D eigenvalue weighted by molar-refractivity contribution is -0.0169. The van der Waals surface area contributed by atoms with Gasteiger partial charge in [-0.3, -0.25) is 0 Å². The Morgan fingerprint density at radius 3 is 2.38 bits per heavy atom. The molecular weight excluding hydrogens is 266 g/mol. The van der Waals surface area contributed by atoms with Gasteiger partial charge in [-0.25, -0.2) is 4.98 Å². The molecule has 0 aromatic carbocycles. The van der Waals surface area contributed by atoms with Gasteiger partial charge < -0.3 is 14.8 Å². The van der Waals surface area contributed by atoms with Crippen molar-refractivity contribution >= 4 is 5.82 Å². The van der Waals surface area contributed by atoms with E-state index >= 15 is 0 Å². The summed E-state index contributed by atoms with van der Waals surface area (Å²) >= 11 is 0. The monoisotopic (exact) mass is 295 g/mol. The van der Waals surface area contributed by atoms with Crippen molar-refractivity contribution in [1.29, 1.82) is 0 Å². The summed E-state index contributed by atoms with van der Waals surface area (Å²) in [5.74, 6) is 2.34. The molecule has 21 heavy (non-hydrogen) atoms. The number of ether oxygens (including phenoxy) is 2. The predicted octanol–water partition coefficient (Wildman–Crippen LogP) is 3.36. The largest absolute Gasteiger partial charge is 0.475 e. The van der Waals surface area contributed by atoms with E-state index in [4.69, 9.17) is 9.47 Å². The van der Waals surface area contributed by atoms with E-state index in [1.165, 1.54) is 0 Å². The van der Waals surface area contributed by atoms with Crippen LogP contribution >= 0.6 is 0 Å². The second-order valence-electron chi connectivity index (χ2n) is 6.01. The maximum absolute atomic E-state index is 5.79. The number of rotatable bonds is 8. The smallest absolute Gasteiger partial charge is 0.221 e. The van der Waals surface area contributed by atoms with Crippen LogP contribution in [-0.2, 0) is 11.2 Å². The zero-order valence-electron chi connectivity index (χ0n) is 14.2. The highest BCUT2D eigenvalue weighted by Gasteiger charge is 2.13. The Balaban J connectivity index is 2.74. The minimum Gasteiger partial charge on any atom is -0.475 e. The molecule has 1 rings (SSSR count). The molecule has 5 heteroatoms. The molecule has 0 unspecified atom stereocenters. The number of anilines is 1. The van der Waals surface area contributed by atoms with Crippen LogP contribution in [0.4, 0.5) is 5.82 Å². The predicted molar refractivity (Wildman–Crippen MR) is 86.1 cm³/mol. The average molecular weight is 295 g/mol. The van der Waals surface area contributed by atoms with Gasteiger partial charge in [0, 0.05) is 13.0 Å². The van der Waals surface area contributed by atoms with Crippen LogP contribution in [0, 0.1) is 6.92 Å². The number of nitrogens with one attached hydrogen (secondary N) is 1. The van der Waals surface area contributed by atoms with E-state index in [2.05, 4.69) is 29.1 Å². The number of aromatic nitrogens is 2. The first kappa shape index (κ1) is 17.7. The molecule has 120 valence electrons. The molecule has 0 aliphatic carbocycles. The fourth-order valence-electron chi connectivity index (χ4n) is 1.84. The van der Waals surface area contributed by atoms with Crippen LogP contribution < -0.4 is 10.1 Å². The summed E-state index contributed by atoms with van der Waals surface area (Å²) in [5.41, 5.74) is 0.805. The third-order valence-electron chi connectivity index (χ3n) is 2.82. The minimum atomic E-state index is -0.146. The van der Waals surface area contributed by atoms with Crippen LogP contribution in [0.1, 0.15) is 52.4 Å². The molecule has 0 saturated carbocycles. The highest BCUT2D eigenvalue weighted by molar-refractivity contribution is 5.48. The number of nitrogens with zero attached hydrogens (tertiary/aromatic N) is 2. The zero-order chi connectivity index (χ0) is 15.9. The molecule has 0 spiro atoms. The molecule has 0 aliphatic rings. The first-order valence-electron chi connectivity index (χ1n) is 7.75. The molecular formula is C16H29N3O2. The van der Waals surface area contributed by atoms with Crippen LogP contribution in [0.3, 0.4) is 0 Å². The van der Waals surface area contributed by atoms with Crippen molar-refractivity contribution in [2.45, 2.75) is 60.0 Å². The van der Waals surface area contributed by atoms with E-state index in [1.807, 2.05) is 27.7 Å². The van der Waals surface area contributed by atoms with Crippen molar-refractivity contribution < 1.29 is 9.47 Å². The van der Waals surface area contributed by atoms with Crippen LogP contribution in [0.2, 0.25) is 0 Å². The Hall–Kier alpha value is -1.36. The molecule has 1 N–H and O–H groups in total. The highest BCUT2D eigenvalue weighted by atomic mass is 16.5. The summed E-state index contributed by atoms with van der Waals surface area (Å²) in [6, 6.07) is 0. The van der Waals surface area contributed by atoms with Gasteiger partial charge in [-0.15, -0.1) is 0 Å². The maximum atomic E-state index is 5.79. The Morgan fingerprint density at radius 2 is 1.81 bits per heavy atom. The number of hydrogen-bond acceptors (Lipinski definition) is 5. The van der Waals surface area contributed by atoms with Crippen molar-refractivity contribution in [3.05, 3.63) is 11.4 Å². The molecule has 0 bridgehead atoms. The van der Waals surface area contributed by atoms with E-state index in [-0.39, 0.29) is 5.60 Å². The normalized spacial score (nSPS) is 11.5. The first-order chi connectivity index (χ1) is 9.87. The molecule has 0 atom stereocenters. The van der Waals surface area contributed by atoms with Crippen molar-refractivity contribution in [3.8, 4) is 5.88 Å². The van der Waals surface area contributed by atoms with Gasteiger partial charge in [0.1, 0.15) is 18.2 Å². The van der Waals surface area contributed by atoms with Gasteiger partial charge in [0.2, 0.25) is 5.88 Å². The fraction of sp³-hybridized carbons (Fsp3) is 0.750. The summed E-state index contributed by atoms with van der Waals surface area (Å²) in [5, 5.41) is 3.27. The molecule has 1 heterocycles. The summed E-state index contributed by atoms with van der Waals surface area (Å²) in [6.07, 6.45) is 1.87. The standard InChI is InChI=1S/C16H29N3O2/c1-7-9-13-18-14(17-8-2)12(3)15(19-13)20-10-11-21-16(4,5)6/h7-11H2,1-6H3,(H,17,18,19). The summed E-state index contributed by atoms with van der Waals surface area (Å²) < 4.78 is 11.5. The Labute approximate surface area is 128 Å². The third kappa shape index (κ3) is 6.29. The van der Waals surface area contributed by atoms with Gasteiger partial charge >= 0.3 is 0 Å². The summed E-state index contributed by atoms with van der Waals surface area (Å²) in [4.78, 5) is 9.06. The lowest BCUT2D eigenvalue weighted by atomic mass is 10.2. The Morgan fingerprint density at radius 1 is 1.10 bits per heavy atom. The molecule has 0 saturated heterocycles. The van der Waals surface area contributed by atoms with Gasteiger partial charge in [-0.1, -0.05) is 6.92 Å². The van der Waals surface area contributed by atoms with Gasteiger partial charge in [0.15, 0.2) is 0 Å². The summed E-state index contributed by atoms with van der Waals surface area (Å²) in [7, 11) is 0. The second kappa shape index (κ2) is 8.17. The van der Waals surface area contributed by atoms with E-state index in [1.54, 1.807) is 0 Å². The van der Waals surface area contributed by atoms with E-state index in [0.29, 0.717) is 19.1 Å². The van der Waals surface area contributed by atoms with Crippen LogP contribution in [-0.4, -0.2) is 35.3 Å². The Bertz CT molecular complexity index is 442. The average Bonchev–Trinajstić information content (AvgIpc) is 2.39. The van der Waals surface area contributed by atoms with Gasteiger partial charge in [0.25, 0.3) is 0 Å². The molecule has 0 fully saturated rings. The fourth-order valence-corrected chi connectivity index (χ4v) is 1.84. The lowest BCUT2D eigenvalue weighted by Crippen LogP contribution is -2.23. The van der Waals surface area contributed by atoms with Crippen LogP contribution in [0.15, 0.2) is 0 Å². The Kier molecular flexibility index (Phi) is 6.89. The van der Waals surface area contributed by atoms with Gasteiger partial charge in [0.05, 0.1) is 17.8 Å². The molecule has 0 aliphatic heterocycles. The molecule has 0 amide bonds. The van der Waals surface area contributed by atoms with E-state index < -0.39 is 0 Å². The molecule has 0 radical (unpaired) electrons. The van der Waals surface area contributed by atoms with Crippen molar-refractivity contribution in [1.82, 2.24) is 9.97 Å². The van der Waals surface area contributed by atoms with E-state index in [0.717, 1.165) is 36.6 Å². The molecule has 5 nitrogen and oxygen atoms in total. The number of aryl methyl sites for hydroxylation is 1. The SMILES string of the molecule is CCCc1nc(NCC)c(C)c(OCCOC(C)(C)C)n1. The molecule has 1 aromatic rings. The minimum absolute atomic E-state index is 0.146. The highest BCUT2D eigenvalue weighted by Crippen LogP contribution is 2.22. The first-order valence-corrected chi connectivity index (χ1v) is 7.75. The van der Waals surface area contributed by atoms with E-state index in [9.17, 15) is 0 Å². The van der Waals surface area contributed by atoms with Crippen molar-refractivity contribution in [2.75, 3.05) is 25.1 Å². The second-order valence-corrected chi connectivity index (χ2v) is 6.01. The summed E-state index contributed by atoms with van der Waals surface area (Å²) in [6.45, 7) is 14.1. The quantitative estimate of drug-likeness (QED) is 0.745. The van der Waals surface area contributed by atoms with Crippen molar-refractivity contribution in [3.63, 3.8) is 0 Å². The van der Waals surface area contributed by atoms with Crippen LogP contribution in [0.5, 0.6) is 5.88 Å². The molecule has 1 aromatic heterocycles. The van der Waals surface area contributed by atoms with Crippen molar-refractivity contribution in [2.24, 2.45) is 0 Å². The number of hydrogen-bond donors (Lipinski definition) is 1. The van der Waals surface area contributed by atoms with Crippen LogP contribution in [0.25, 0.3) is 0 Å². The van der Waals surface area contributed by atoms with Gasteiger partial charge in [-0.2, -0.15) is 4.98 Å². The lowest BCUT2D eigenvalue weighted by Gasteiger charge is -2.20. The topological polar surface area (TPSA) is 56.3 Å². The maximum Gasteiger partial charge on any atom is 0.221 e.